The van der Waals surface area contributed by atoms with Gasteiger partial charge in [0.25, 0.3) is 0 Å². The second-order valence-corrected chi connectivity index (χ2v) is 6.46. The van der Waals surface area contributed by atoms with Gasteiger partial charge in [-0.25, -0.2) is 0 Å². The summed E-state index contributed by atoms with van der Waals surface area (Å²) in [6.45, 7) is 7.33. The molecule has 0 saturated carbocycles. The predicted octanol–water partition coefficient (Wildman–Crippen LogP) is 4.25. The Kier molecular flexibility index (Phi) is 3.73. The van der Waals surface area contributed by atoms with E-state index in [4.69, 9.17) is 4.74 Å². The van der Waals surface area contributed by atoms with Crippen LogP contribution < -0.4 is 10.1 Å². The maximum atomic E-state index is 6.12. The SMILES string of the molecule is C[C@@H](NCc1cccc2c1OC(C)(C)C2)c1ccccc1. The van der Waals surface area contributed by atoms with Crippen LogP contribution in [0.25, 0.3) is 0 Å². The quantitative estimate of drug-likeness (QED) is 0.904. The lowest BCUT2D eigenvalue weighted by Crippen LogP contribution is -2.25. The second-order valence-electron chi connectivity index (χ2n) is 6.46. The molecule has 0 unspecified atom stereocenters. The minimum absolute atomic E-state index is 0.0799. The summed E-state index contributed by atoms with van der Waals surface area (Å²) in [4.78, 5) is 0. The lowest BCUT2D eigenvalue weighted by molar-refractivity contribution is 0.137. The monoisotopic (exact) mass is 281 g/mol. The molecule has 2 aromatic carbocycles. The topological polar surface area (TPSA) is 21.3 Å². The van der Waals surface area contributed by atoms with Gasteiger partial charge in [0.1, 0.15) is 11.4 Å². The summed E-state index contributed by atoms with van der Waals surface area (Å²) >= 11 is 0. The lowest BCUT2D eigenvalue weighted by atomic mass is 10.0. The molecule has 0 aliphatic carbocycles. The van der Waals surface area contributed by atoms with E-state index in [0.29, 0.717) is 6.04 Å². The molecule has 0 bridgehead atoms. The van der Waals surface area contributed by atoms with E-state index < -0.39 is 0 Å². The van der Waals surface area contributed by atoms with Crippen molar-refractivity contribution < 1.29 is 4.74 Å². The molecule has 0 saturated heterocycles. The highest BCUT2D eigenvalue weighted by atomic mass is 16.5. The molecular weight excluding hydrogens is 258 g/mol. The fourth-order valence-corrected chi connectivity index (χ4v) is 2.94. The van der Waals surface area contributed by atoms with Crippen molar-refractivity contribution >= 4 is 0 Å². The number of para-hydroxylation sites is 1. The molecule has 0 amide bonds. The van der Waals surface area contributed by atoms with Crippen molar-refractivity contribution in [2.75, 3.05) is 0 Å². The second kappa shape index (κ2) is 5.53. The van der Waals surface area contributed by atoms with E-state index in [2.05, 4.69) is 74.6 Å². The summed E-state index contributed by atoms with van der Waals surface area (Å²) in [5.41, 5.74) is 3.81. The van der Waals surface area contributed by atoms with Gasteiger partial charge in [0.2, 0.25) is 0 Å². The first kappa shape index (κ1) is 14.2. The third-order valence-electron chi connectivity index (χ3n) is 4.07. The van der Waals surface area contributed by atoms with Crippen molar-refractivity contribution in [3.8, 4) is 5.75 Å². The van der Waals surface area contributed by atoms with Crippen LogP contribution in [-0.4, -0.2) is 5.60 Å². The van der Waals surface area contributed by atoms with Gasteiger partial charge in [-0.2, -0.15) is 0 Å². The summed E-state index contributed by atoms with van der Waals surface area (Å²) < 4.78 is 6.12. The molecule has 2 heteroatoms. The van der Waals surface area contributed by atoms with Gasteiger partial charge in [-0.1, -0.05) is 48.5 Å². The first-order valence-corrected chi connectivity index (χ1v) is 7.63. The van der Waals surface area contributed by atoms with Crippen LogP contribution in [0, 0.1) is 0 Å². The summed E-state index contributed by atoms with van der Waals surface area (Å²) in [6.07, 6.45) is 0.990. The van der Waals surface area contributed by atoms with E-state index in [1.165, 1.54) is 16.7 Å². The molecule has 0 spiro atoms. The van der Waals surface area contributed by atoms with Crippen LogP contribution in [0.5, 0.6) is 5.75 Å². The number of hydrogen-bond acceptors (Lipinski definition) is 2. The van der Waals surface area contributed by atoms with Gasteiger partial charge < -0.3 is 10.1 Å². The number of fused-ring (bicyclic) bond motifs is 1. The van der Waals surface area contributed by atoms with Gasteiger partial charge in [-0.15, -0.1) is 0 Å². The number of ether oxygens (including phenoxy) is 1. The molecule has 1 N–H and O–H groups in total. The van der Waals surface area contributed by atoms with E-state index in [9.17, 15) is 0 Å². The first-order chi connectivity index (χ1) is 10.1. The van der Waals surface area contributed by atoms with Crippen molar-refractivity contribution in [2.45, 2.75) is 45.4 Å². The lowest BCUT2D eigenvalue weighted by Gasteiger charge is -2.19. The Morgan fingerprint density at radius 3 is 2.62 bits per heavy atom. The minimum atomic E-state index is -0.0799. The zero-order chi connectivity index (χ0) is 14.9. The van der Waals surface area contributed by atoms with Gasteiger partial charge in [0, 0.05) is 24.6 Å². The molecule has 0 radical (unpaired) electrons. The number of benzene rings is 2. The standard InChI is InChI=1S/C19H23NO/c1-14(15-8-5-4-6-9-15)20-13-17-11-7-10-16-12-19(2,3)21-18(16)17/h4-11,14,20H,12-13H2,1-3H3/t14-/m1/s1. The fourth-order valence-electron chi connectivity index (χ4n) is 2.94. The summed E-state index contributed by atoms with van der Waals surface area (Å²) in [5.74, 6) is 1.08. The number of rotatable bonds is 4. The average molecular weight is 281 g/mol. The van der Waals surface area contributed by atoms with E-state index >= 15 is 0 Å². The summed E-state index contributed by atoms with van der Waals surface area (Å²) in [5, 5.41) is 3.59. The molecule has 1 atom stereocenters. The average Bonchev–Trinajstić information content (AvgIpc) is 2.80. The summed E-state index contributed by atoms with van der Waals surface area (Å²) in [6, 6.07) is 17.3. The van der Waals surface area contributed by atoms with Gasteiger partial charge in [-0.05, 0) is 31.9 Å². The highest BCUT2D eigenvalue weighted by Gasteiger charge is 2.31. The maximum Gasteiger partial charge on any atom is 0.127 e. The fraction of sp³-hybridized carbons (Fsp3) is 0.368. The Bertz CT molecular complexity index is 619. The molecule has 21 heavy (non-hydrogen) atoms. The minimum Gasteiger partial charge on any atom is -0.487 e. The third kappa shape index (κ3) is 3.11. The Morgan fingerprint density at radius 2 is 1.86 bits per heavy atom. The van der Waals surface area contributed by atoms with Crippen LogP contribution in [0.4, 0.5) is 0 Å². The first-order valence-electron chi connectivity index (χ1n) is 7.63. The van der Waals surface area contributed by atoms with Gasteiger partial charge in [-0.3, -0.25) is 0 Å². The Balaban J connectivity index is 1.72. The van der Waals surface area contributed by atoms with Crippen molar-refractivity contribution in [3.63, 3.8) is 0 Å². The van der Waals surface area contributed by atoms with Crippen LogP contribution in [0.2, 0.25) is 0 Å². The van der Waals surface area contributed by atoms with Crippen molar-refractivity contribution in [1.82, 2.24) is 5.32 Å². The highest BCUT2D eigenvalue weighted by Crippen LogP contribution is 2.37. The summed E-state index contributed by atoms with van der Waals surface area (Å²) in [7, 11) is 0. The van der Waals surface area contributed by atoms with Crippen LogP contribution in [0.15, 0.2) is 48.5 Å². The molecule has 1 heterocycles. The smallest absolute Gasteiger partial charge is 0.127 e. The van der Waals surface area contributed by atoms with E-state index in [1.807, 2.05) is 0 Å². The van der Waals surface area contributed by atoms with Crippen LogP contribution in [0.3, 0.4) is 0 Å². The zero-order valence-corrected chi connectivity index (χ0v) is 13.0. The maximum absolute atomic E-state index is 6.12. The zero-order valence-electron chi connectivity index (χ0n) is 13.0. The van der Waals surface area contributed by atoms with Gasteiger partial charge >= 0.3 is 0 Å². The number of nitrogens with one attached hydrogen (secondary N) is 1. The molecule has 110 valence electrons. The normalized spacial score (nSPS) is 17.1. The Hall–Kier alpha value is -1.80. The van der Waals surface area contributed by atoms with Gasteiger partial charge in [0.15, 0.2) is 0 Å². The van der Waals surface area contributed by atoms with Crippen molar-refractivity contribution in [3.05, 3.63) is 65.2 Å². The van der Waals surface area contributed by atoms with E-state index in [1.54, 1.807) is 0 Å². The molecule has 1 aliphatic heterocycles. The molecule has 2 nitrogen and oxygen atoms in total. The number of hydrogen-bond donors (Lipinski definition) is 1. The highest BCUT2D eigenvalue weighted by molar-refractivity contribution is 5.45. The van der Waals surface area contributed by atoms with E-state index in [0.717, 1.165) is 18.7 Å². The molecule has 3 rings (SSSR count). The van der Waals surface area contributed by atoms with Crippen LogP contribution in [-0.2, 0) is 13.0 Å². The Labute approximate surface area is 127 Å². The van der Waals surface area contributed by atoms with E-state index in [-0.39, 0.29) is 5.60 Å². The molecular formula is C19H23NO. The molecule has 0 fully saturated rings. The van der Waals surface area contributed by atoms with Crippen LogP contribution >= 0.6 is 0 Å². The van der Waals surface area contributed by atoms with Gasteiger partial charge in [0.05, 0.1) is 0 Å². The molecule has 0 aromatic heterocycles. The molecule has 2 aromatic rings. The third-order valence-corrected chi connectivity index (χ3v) is 4.07. The van der Waals surface area contributed by atoms with Crippen molar-refractivity contribution in [2.24, 2.45) is 0 Å². The molecule has 1 aliphatic rings. The predicted molar refractivity (Wildman–Crippen MR) is 86.5 cm³/mol. The largest absolute Gasteiger partial charge is 0.487 e. The van der Waals surface area contributed by atoms with Crippen molar-refractivity contribution in [1.29, 1.82) is 0 Å². The Morgan fingerprint density at radius 1 is 1.10 bits per heavy atom. The van der Waals surface area contributed by atoms with Crippen LogP contribution in [0.1, 0.15) is 43.5 Å².